The van der Waals surface area contributed by atoms with Crippen molar-refractivity contribution in [2.24, 2.45) is 11.5 Å². The van der Waals surface area contributed by atoms with Gasteiger partial charge < -0.3 is 37.1 Å². The second-order valence-electron chi connectivity index (χ2n) is 7.99. The molecule has 13 nitrogen and oxygen atoms in total. The molecule has 34 heavy (non-hydrogen) atoms. The third-order valence-corrected chi connectivity index (χ3v) is 6.06. The number of hydrogen-bond donors (Lipinski definition) is 6. The maximum atomic E-state index is 13.0. The molecule has 0 bridgehead atoms. The van der Waals surface area contributed by atoms with Gasteiger partial charge in [-0.1, -0.05) is 0 Å². The molecule has 0 radical (unpaired) electrons. The van der Waals surface area contributed by atoms with Gasteiger partial charge in [-0.2, -0.15) is 11.8 Å². The quantitative estimate of drug-likeness (QED) is 0.177. The molecule has 4 unspecified atom stereocenters. The van der Waals surface area contributed by atoms with Crippen LogP contribution in [0.5, 0.6) is 0 Å². The van der Waals surface area contributed by atoms with Gasteiger partial charge in [-0.25, -0.2) is 9.78 Å². The number of rotatable bonds is 13. The summed E-state index contributed by atoms with van der Waals surface area (Å²) in [5.41, 5.74) is 11.7. The first-order chi connectivity index (χ1) is 16.1. The first-order valence-electron chi connectivity index (χ1n) is 10.8. The van der Waals surface area contributed by atoms with Crippen LogP contribution < -0.4 is 22.1 Å². The number of nitrogens with one attached hydrogen (secondary N) is 3. The van der Waals surface area contributed by atoms with E-state index in [9.17, 15) is 29.1 Å². The number of carbonyl (C=O) groups is 5. The fourth-order valence-electron chi connectivity index (χ4n) is 3.65. The van der Waals surface area contributed by atoms with Crippen molar-refractivity contribution in [3.05, 3.63) is 18.2 Å². The summed E-state index contributed by atoms with van der Waals surface area (Å²) in [6.45, 7) is 0.349. The van der Waals surface area contributed by atoms with Crippen LogP contribution in [0.2, 0.25) is 0 Å². The van der Waals surface area contributed by atoms with E-state index in [-0.39, 0.29) is 12.3 Å². The molecule has 0 aromatic carbocycles. The molecule has 2 rings (SSSR count). The highest BCUT2D eigenvalue weighted by molar-refractivity contribution is 7.98. The van der Waals surface area contributed by atoms with E-state index in [1.54, 1.807) is 11.8 Å². The minimum Gasteiger partial charge on any atom is -0.480 e. The number of imidazole rings is 1. The van der Waals surface area contributed by atoms with Crippen molar-refractivity contribution < 1.29 is 29.1 Å². The average Bonchev–Trinajstić information content (AvgIpc) is 3.47. The van der Waals surface area contributed by atoms with Crippen molar-refractivity contribution in [2.75, 3.05) is 18.6 Å². The Kier molecular flexibility index (Phi) is 10.3. The van der Waals surface area contributed by atoms with E-state index < -0.39 is 54.3 Å². The van der Waals surface area contributed by atoms with Crippen LogP contribution in [0.25, 0.3) is 0 Å². The fourth-order valence-corrected chi connectivity index (χ4v) is 4.14. The van der Waals surface area contributed by atoms with Gasteiger partial charge in [-0.05, 0) is 31.3 Å². The first-order valence-corrected chi connectivity index (χ1v) is 12.2. The van der Waals surface area contributed by atoms with Crippen molar-refractivity contribution in [1.29, 1.82) is 0 Å². The predicted molar refractivity (Wildman–Crippen MR) is 123 cm³/mol. The number of amides is 4. The molecule has 1 saturated heterocycles. The molecule has 1 fully saturated rings. The normalized spacial score (nSPS) is 18.1. The van der Waals surface area contributed by atoms with Gasteiger partial charge in [0, 0.05) is 24.9 Å². The minimum atomic E-state index is -1.41. The summed E-state index contributed by atoms with van der Waals surface area (Å²) in [4.78, 5) is 69.5. The van der Waals surface area contributed by atoms with Gasteiger partial charge in [0.1, 0.15) is 18.1 Å². The first kappa shape index (κ1) is 27.1. The number of thioether (sulfide) groups is 1. The number of carboxylic acid groups (broad SMARTS) is 1. The van der Waals surface area contributed by atoms with Crippen LogP contribution in [0.15, 0.2) is 12.5 Å². The summed E-state index contributed by atoms with van der Waals surface area (Å²) < 4.78 is 0. The summed E-state index contributed by atoms with van der Waals surface area (Å²) in [6, 6.07) is -4.34. The molecule has 4 atom stereocenters. The van der Waals surface area contributed by atoms with E-state index in [2.05, 4.69) is 20.6 Å². The standard InChI is InChI=1S/C20H31N7O6S/c1-34-6-4-12(21)19(31)27-5-2-3-15(27)18(30)25-13(8-16(22)28)17(29)26-14(20(32)33)7-11-9-23-10-24-11/h9-10,12-15H,2-8,21H2,1H3,(H2,22,28)(H,23,24)(H,25,30)(H,26,29)(H,32,33). The zero-order valence-electron chi connectivity index (χ0n) is 18.9. The fraction of sp³-hybridized carbons (Fsp3) is 0.600. The molecule has 1 aromatic rings. The van der Waals surface area contributed by atoms with Gasteiger partial charge in [0.15, 0.2) is 0 Å². The van der Waals surface area contributed by atoms with Crippen LogP contribution >= 0.6 is 11.8 Å². The van der Waals surface area contributed by atoms with E-state index >= 15 is 0 Å². The minimum absolute atomic E-state index is 0.0862. The topological polar surface area (TPSA) is 214 Å². The Morgan fingerprint density at radius 1 is 1.29 bits per heavy atom. The van der Waals surface area contributed by atoms with Crippen LogP contribution in [0, 0.1) is 0 Å². The Bertz CT molecular complexity index is 881. The van der Waals surface area contributed by atoms with Crippen LogP contribution in [0.4, 0.5) is 0 Å². The largest absolute Gasteiger partial charge is 0.480 e. The number of hydrogen-bond acceptors (Lipinski definition) is 8. The Morgan fingerprint density at radius 2 is 2.03 bits per heavy atom. The molecule has 1 aromatic heterocycles. The number of primary amides is 1. The van der Waals surface area contributed by atoms with Gasteiger partial charge in [0.2, 0.25) is 23.6 Å². The molecule has 1 aliphatic heterocycles. The molecular weight excluding hydrogens is 466 g/mol. The number of aromatic amines is 1. The highest BCUT2D eigenvalue weighted by Crippen LogP contribution is 2.19. The summed E-state index contributed by atoms with van der Waals surface area (Å²) in [6.07, 6.45) is 5.47. The van der Waals surface area contributed by atoms with Gasteiger partial charge in [0.25, 0.3) is 0 Å². The van der Waals surface area contributed by atoms with E-state index in [1.165, 1.54) is 17.4 Å². The van der Waals surface area contributed by atoms with Gasteiger partial charge in [0.05, 0.1) is 18.8 Å². The van der Waals surface area contributed by atoms with Crippen molar-refractivity contribution in [3.8, 4) is 0 Å². The van der Waals surface area contributed by atoms with E-state index in [0.29, 0.717) is 37.3 Å². The highest BCUT2D eigenvalue weighted by atomic mass is 32.2. The van der Waals surface area contributed by atoms with E-state index in [1.807, 2.05) is 6.26 Å². The molecule has 1 aliphatic rings. The van der Waals surface area contributed by atoms with Crippen LogP contribution in [0.1, 0.15) is 31.4 Å². The van der Waals surface area contributed by atoms with Crippen molar-refractivity contribution in [1.82, 2.24) is 25.5 Å². The lowest BCUT2D eigenvalue weighted by molar-refractivity contribution is -0.143. The zero-order valence-corrected chi connectivity index (χ0v) is 19.7. The number of nitrogens with zero attached hydrogens (tertiary/aromatic N) is 2. The number of likely N-dealkylation sites (tertiary alicyclic amines) is 1. The Morgan fingerprint density at radius 3 is 2.62 bits per heavy atom. The molecule has 2 heterocycles. The highest BCUT2D eigenvalue weighted by Gasteiger charge is 2.38. The molecule has 0 spiro atoms. The molecule has 14 heteroatoms. The number of aliphatic carboxylic acids is 1. The zero-order chi connectivity index (χ0) is 25.3. The summed E-state index contributed by atoms with van der Waals surface area (Å²) in [5, 5.41) is 14.2. The lowest BCUT2D eigenvalue weighted by Crippen LogP contribution is -2.57. The van der Waals surface area contributed by atoms with Gasteiger partial charge in [-0.3, -0.25) is 19.2 Å². The van der Waals surface area contributed by atoms with E-state index in [0.717, 1.165) is 0 Å². The number of nitrogens with two attached hydrogens (primary N) is 2. The van der Waals surface area contributed by atoms with Gasteiger partial charge >= 0.3 is 5.97 Å². The molecule has 8 N–H and O–H groups in total. The maximum Gasteiger partial charge on any atom is 0.326 e. The molecule has 188 valence electrons. The number of aromatic nitrogens is 2. The second-order valence-corrected chi connectivity index (χ2v) is 8.98. The average molecular weight is 498 g/mol. The number of carbonyl (C=O) groups excluding carboxylic acids is 4. The van der Waals surface area contributed by atoms with Crippen molar-refractivity contribution in [2.45, 2.75) is 56.3 Å². The van der Waals surface area contributed by atoms with Crippen LogP contribution in [-0.4, -0.2) is 92.3 Å². The summed E-state index contributed by atoms with van der Waals surface area (Å²) >= 11 is 1.56. The molecule has 0 aliphatic carbocycles. The Hall–Kier alpha value is -3.13. The van der Waals surface area contributed by atoms with E-state index in [4.69, 9.17) is 11.5 Å². The third-order valence-electron chi connectivity index (χ3n) is 5.42. The number of H-pyrrole nitrogens is 1. The molecule has 0 saturated carbocycles. The summed E-state index contributed by atoms with van der Waals surface area (Å²) in [5.74, 6) is -3.34. The summed E-state index contributed by atoms with van der Waals surface area (Å²) in [7, 11) is 0. The lowest BCUT2D eigenvalue weighted by atomic mass is 10.1. The van der Waals surface area contributed by atoms with Crippen LogP contribution in [0.3, 0.4) is 0 Å². The molecule has 4 amide bonds. The van der Waals surface area contributed by atoms with Crippen molar-refractivity contribution in [3.63, 3.8) is 0 Å². The van der Waals surface area contributed by atoms with Crippen LogP contribution in [-0.2, 0) is 30.4 Å². The monoisotopic (exact) mass is 497 g/mol. The maximum absolute atomic E-state index is 13.0. The smallest absolute Gasteiger partial charge is 0.326 e. The third kappa shape index (κ3) is 7.73. The second kappa shape index (κ2) is 12.9. The number of carboxylic acids is 1. The predicted octanol–water partition coefficient (Wildman–Crippen LogP) is -2.05. The van der Waals surface area contributed by atoms with Gasteiger partial charge in [-0.15, -0.1) is 0 Å². The Balaban J connectivity index is 2.08. The van der Waals surface area contributed by atoms with Crippen molar-refractivity contribution >= 4 is 41.4 Å². The Labute approximate surface area is 200 Å². The molecular formula is C20H31N7O6S. The lowest BCUT2D eigenvalue weighted by Gasteiger charge is -2.28. The SMILES string of the molecule is CSCCC(N)C(=O)N1CCCC1C(=O)NC(CC(N)=O)C(=O)NC(Cc1cnc[nH]1)C(=O)O.